The Morgan fingerprint density at radius 3 is 1.89 bits per heavy atom. The minimum atomic E-state index is -3.81. The van der Waals surface area contributed by atoms with Gasteiger partial charge >= 0.3 is 5.97 Å². The van der Waals surface area contributed by atoms with Gasteiger partial charge in [-0.25, -0.2) is 13.2 Å². The third kappa shape index (κ3) is 5.61. The summed E-state index contributed by atoms with van der Waals surface area (Å²) in [5.74, 6) is -0.786. The molecule has 8 heteroatoms. The topological polar surface area (TPSA) is 92.8 Å². The molecule has 1 N–H and O–H groups in total. The van der Waals surface area contributed by atoms with Gasteiger partial charge in [-0.2, -0.15) is 0 Å². The summed E-state index contributed by atoms with van der Waals surface area (Å²) in [6.45, 7) is 0.0954. The molecule has 36 heavy (non-hydrogen) atoms. The highest BCUT2D eigenvalue weighted by molar-refractivity contribution is 7.92. The molecule has 0 radical (unpaired) electrons. The second kappa shape index (κ2) is 10.9. The molecule has 182 valence electrons. The lowest BCUT2D eigenvalue weighted by Crippen LogP contribution is -2.30. The summed E-state index contributed by atoms with van der Waals surface area (Å²) in [6.07, 6.45) is 0. The minimum Gasteiger partial charge on any atom is -0.465 e. The molecule has 0 aromatic heterocycles. The number of rotatable bonds is 8. The van der Waals surface area contributed by atoms with Gasteiger partial charge in [0.2, 0.25) is 0 Å². The number of benzene rings is 4. The summed E-state index contributed by atoms with van der Waals surface area (Å²) in [7, 11) is -2.51. The minimum absolute atomic E-state index is 0.0954. The quantitative estimate of drug-likeness (QED) is 0.339. The number of ether oxygens (including phenoxy) is 1. The van der Waals surface area contributed by atoms with E-state index in [0.717, 1.165) is 5.56 Å². The maximum absolute atomic E-state index is 13.4. The monoisotopic (exact) mass is 500 g/mol. The van der Waals surface area contributed by atoms with Gasteiger partial charge in [0.05, 0.1) is 29.8 Å². The van der Waals surface area contributed by atoms with Gasteiger partial charge in [0.25, 0.3) is 15.9 Å². The van der Waals surface area contributed by atoms with Crippen LogP contribution in [0.15, 0.2) is 114 Å². The first kappa shape index (κ1) is 24.7. The molecule has 0 fully saturated rings. The van der Waals surface area contributed by atoms with Crippen molar-refractivity contribution in [2.75, 3.05) is 16.7 Å². The highest BCUT2D eigenvalue weighted by Crippen LogP contribution is 2.26. The number of nitrogens with zero attached hydrogens (tertiary/aromatic N) is 1. The zero-order valence-corrected chi connectivity index (χ0v) is 20.3. The lowest BCUT2D eigenvalue weighted by atomic mass is 10.1. The number of methoxy groups -OCH3 is 1. The number of hydrogen-bond donors (Lipinski definition) is 1. The van der Waals surface area contributed by atoms with E-state index in [1.165, 1.54) is 11.4 Å². The van der Waals surface area contributed by atoms with Crippen LogP contribution in [0.3, 0.4) is 0 Å². The maximum atomic E-state index is 13.4. The third-order valence-corrected chi connectivity index (χ3v) is 7.27. The van der Waals surface area contributed by atoms with Crippen molar-refractivity contribution < 1.29 is 22.7 Å². The SMILES string of the molecule is COC(=O)c1ccc(NC(=O)c2ccc(CN(c3ccccc3)S(=O)(=O)c3ccccc3)cc2)cc1. The lowest BCUT2D eigenvalue weighted by Gasteiger charge is -2.25. The fraction of sp³-hybridized carbons (Fsp3) is 0.0714. The molecule has 1 amide bonds. The number of carbonyl (C=O) groups excluding carboxylic acids is 2. The zero-order valence-electron chi connectivity index (χ0n) is 19.5. The predicted molar refractivity (Wildman–Crippen MR) is 138 cm³/mol. The third-order valence-electron chi connectivity index (χ3n) is 5.48. The molecule has 0 saturated heterocycles. The fourth-order valence-electron chi connectivity index (χ4n) is 3.57. The molecular weight excluding hydrogens is 476 g/mol. The van der Waals surface area contributed by atoms with Gasteiger partial charge in [-0.3, -0.25) is 9.10 Å². The Hall–Kier alpha value is -4.43. The molecule has 0 aliphatic heterocycles. The molecule has 4 rings (SSSR count). The van der Waals surface area contributed by atoms with Crippen LogP contribution >= 0.6 is 0 Å². The first-order chi connectivity index (χ1) is 17.4. The summed E-state index contributed by atoms with van der Waals surface area (Å²) < 4.78 is 32.9. The smallest absolute Gasteiger partial charge is 0.337 e. The predicted octanol–water partition coefficient (Wildman–Crippen LogP) is 5.12. The van der Waals surface area contributed by atoms with Gasteiger partial charge in [0.15, 0.2) is 0 Å². The number of amides is 1. The lowest BCUT2D eigenvalue weighted by molar-refractivity contribution is 0.0600. The molecule has 0 heterocycles. The van der Waals surface area contributed by atoms with Crippen molar-refractivity contribution in [1.82, 2.24) is 0 Å². The van der Waals surface area contributed by atoms with E-state index >= 15 is 0 Å². The van der Waals surface area contributed by atoms with Crippen LogP contribution in [0.5, 0.6) is 0 Å². The fourth-order valence-corrected chi connectivity index (χ4v) is 5.04. The number of sulfonamides is 1. The number of carbonyl (C=O) groups is 2. The molecular formula is C28H24N2O5S. The average Bonchev–Trinajstić information content (AvgIpc) is 2.93. The van der Waals surface area contributed by atoms with Crippen molar-refractivity contribution in [3.05, 3.63) is 126 Å². The van der Waals surface area contributed by atoms with E-state index in [4.69, 9.17) is 0 Å². The standard InChI is InChI=1S/C28H24N2O5S/c1-35-28(32)23-16-18-24(19-17-23)29-27(31)22-14-12-21(13-15-22)20-30(25-8-4-2-5-9-25)36(33,34)26-10-6-3-7-11-26/h2-19H,20H2,1H3,(H,29,31). The number of hydrogen-bond acceptors (Lipinski definition) is 5. The molecule has 7 nitrogen and oxygen atoms in total. The van der Waals surface area contributed by atoms with Crippen LogP contribution in [0, 0.1) is 0 Å². The molecule has 0 aliphatic carbocycles. The Morgan fingerprint density at radius 2 is 1.31 bits per heavy atom. The second-order valence-electron chi connectivity index (χ2n) is 7.88. The van der Waals surface area contributed by atoms with Gasteiger partial charge in [0, 0.05) is 11.3 Å². The van der Waals surface area contributed by atoms with Gasteiger partial charge in [0.1, 0.15) is 0 Å². The number of esters is 1. The zero-order chi connectivity index (χ0) is 25.5. The molecule has 0 aliphatic rings. The van der Waals surface area contributed by atoms with E-state index in [2.05, 4.69) is 10.1 Å². The maximum Gasteiger partial charge on any atom is 0.337 e. The summed E-state index contributed by atoms with van der Waals surface area (Å²) in [6, 6.07) is 30.3. The Kier molecular flexibility index (Phi) is 7.46. The number of nitrogens with one attached hydrogen (secondary N) is 1. The van der Waals surface area contributed by atoms with E-state index in [1.54, 1.807) is 103 Å². The van der Waals surface area contributed by atoms with E-state index in [1.807, 2.05) is 6.07 Å². The Bertz CT molecular complexity index is 1440. The first-order valence-electron chi connectivity index (χ1n) is 11.1. The van der Waals surface area contributed by atoms with E-state index < -0.39 is 16.0 Å². The van der Waals surface area contributed by atoms with Gasteiger partial charge < -0.3 is 10.1 Å². The Morgan fingerprint density at radius 1 is 0.750 bits per heavy atom. The molecule has 0 bridgehead atoms. The highest BCUT2D eigenvalue weighted by Gasteiger charge is 2.25. The highest BCUT2D eigenvalue weighted by atomic mass is 32.2. The van der Waals surface area contributed by atoms with Crippen molar-refractivity contribution in [2.45, 2.75) is 11.4 Å². The van der Waals surface area contributed by atoms with Crippen molar-refractivity contribution in [2.24, 2.45) is 0 Å². The van der Waals surface area contributed by atoms with Gasteiger partial charge in [-0.05, 0) is 66.2 Å². The summed E-state index contributed by atoms with van der Waals surface area (Å²) in [5, 5.41) is 2.78. The van der Waals surface area contributed by atoms with Gasteiger partial charge in [-0.1, -0.05) is 48.5 Å². The van der Waals surface area contributed by atoms with Crippen molar-refractivity contribution in [3.63, 3.8) is 0 Å². The van der Waals surface area contributed by atoms with E-state index in [-0.39, 0.29) is 17.3 Å². The van der Waals surface area contributed by atoms with Gasteiger partial charge in [-0.15, -0.1) is 0 Å². The molecule has 4 aromatic rings. The van der Waals surface area contributed by atoms with Crippen molar-refractivity contribution >= 4 is 33.3 Å². The molecule has 0 unspecified atom stereocenters. The van der Waals surface area contributed by atoms with Crippen molar-refractivity contribution in [3.8, 4) is 0 Å². The summed E-state index contributed by atoms with van der Waals surface area (Å²) >= 11 is 0. The average molecular weight is 501 g/mol. The van der Waals surface area contributed by atoms with Crippen LogP contribution in [0.1, 0.15) is 26.3 Å². The first-order valence-corrected chi connectivity index (χ1v) is 12.5. The van der Waals surface area contributed by atoms with Crippen LogP contribution in [0.2, 0.25) is 0 Å². The number of anilines is 2. The largest absolute Gasteiger partial charge is 0.465 e. The number of para-hydroxylation sites is 1. The van der Waals surface area contributed by atoms with Crippen LogP contribution in [-0.2, 0) is 21.3 Å². The summed E-state index contributed by atoms with van der Waals surface area (Å²) in [4.78, 5) is 24.4. The molecule has 4 aromatic carbocycles. The summed E-state index contributed by atoms with van der Waals surface area (Å²) in [5.41, 5.74) is 2.58. The van der Waals surface area contributed by atoms with Crippen LogP contribution in [0.4, 0.5) is 11.4 Å². The van der Waals surface area contributed by atoms with Crippen LogP contribution in [0.25, 0.3) is 0 Å². The van der Waals surface area contributed by atoms with Crippen LogP contribution < -0.4 is 9.62 Å². The molecule has 0 saturated carbocycles. The molecule has 0 atom stereocenters. The van der Waals surface area contributed by atoms with E-state index in [0.29, 0.717) is 22.5 Å². The molecule has 0 spiro atoms. The Labute approximate surface area is 210 Å². The van der Waals surface area contributed by atoms with Crippen LogP contribution in [-0.4, -0.2) is 27.4 Å². The van der Waals surface area contributed by atoms with Crippen molar-refractivity contribution in [1.29, 1.82) is 0 Å². The van der Waals surface area contributed by atoms with E-state index in [9.17, 15) is 18.0 Å². The Balaban J connectivity index is 1.52. The normalized spacial score (nSPS) is 10.9. The second-order valence-corrected chi connectivity index (χ2v) is 9.74.